The molecule has 1 N–H and O–H groups in total. The molecule has 0 spiro atoms. The predicted octanol–water partition coefficient (Wildman–Crippen LogP) is 3.76. The van der Waals surface area contributed by atoms with E-state index in [2.05, 4.69) is 10.3 Å². The molecule has 0 aliphatic heterocycles. The first kappa shape index (κ1) is 15.2. The molecule has 112 valence electrons. The maximum Gasteiger partial charge on any atom is 0.417 e. The molecule has 21 heavy (non-hydrogen) atoms. The van der Waals surface area contributed by atoms with Crippen molar-refractivity contribution in [3.63, 3.8) is 0 Å². The van der Waals surface area contributed by atoms with Crippen molar-refractivity contribution in [3.8, 4) is 5.75 Å². The molecule has 2 aromatic rings. The van der Waals surface area contributed by atoms with Crippen molar-refractivity contribution in [2.45, 2.75) is 12.6 Å². The molecule has 0 saturated carbocycles. The van der Waals surface area contributed by atoms with Gasteiger partial charge in [-0.1, -0.05) is 6.07 Å². The Morgan fingerprint density at radius 3 is 2.62 bits per heavy atom. The molecular weight excluding hydrogens is 281 g/mol. The van der Waals surface area contributed by atoms with Crippen LogP contribution < -0.4 is 10.1 Å². The first-order chi connectivity index (χ1) is 9.99. The van der Waals surface area contributed by atoms with Crippen LogP contribution in [0.2, 0.25) is 0 Å². The highest BCUT2D eigenvalue weighted by Crippen LogP contribution is 2.28. The van der Waals surface area contributed by atoms with Crippen LogP contribution in [0, 0.1) is 0 Å². The minimum atomic E-state index is -4.34. The second-order valence-electron chi connectivity index (χ2n) is 4.44. The van der Waals surface area contributed by atoms with Crippen LogP contribution in [-0.4, -0.2) is 18.6 Å². The van der Waals surface area contributed by atoms with Gasteiger partial charge in [-0.2, -0.15) is 13.2 Å². The highest BCUT2D eigenvalue weighted by atomic mass is 19.4. The monoisotopic (exact) mass is 296 g/mol. The number of benzene rings is 1. The molecule has 1 aromatic carbocycles. The molecule has 0 amide bonds. The second kappa shape index (κ2) is 6.47. The Labute approximate surface area is 120 Å². The minimum absolute atomic E-state index is 0.537. The van der Waals surface area contributed by atoms with Crippen LogP contribution in [0.15, 0.2) is 42.6 Å². The number of ether oxygens (including phenoxy) is 1. The van der Waals surface area contributed by atoms with Crippen LogP contribution in [0.3, 0.4) is 0 Å². The molecule has 0 aliphatic rings. The van der Waals surface area contributed by atoms with Crippen LogP contribution in [0.4, 0.5) is 18.9 Å². The largest absolute Gasteiger partial charge is 0.497 e. The molecule has 0 aliphatic carbocycles. The fourth-order valence-corrected chi connectivity index (χ4v) is 1.81. The van der Waals surface area contributed by atoms with Gasteiger partial charge < -0.3 is 10.1 Å². The highest BCUT2D eigenvalue weighted by Gasteiger charge is 2.30. The van der Waals surface area contributed by atoms with Gasteiger partial charge in [0.05, 0.1) is 12.7 Å². The minimum Gasteiger partial charge on any atom is -0.497 e. The molecule has 0 radical (unpaired) electrons. The lowest BCUT2D eigenvalue weighted by molar-refractivity contribution is -0.137. The van der Waals surface area contributed by atoms with Gasteiger partial charge in [0.2, 0.25) is 0 Å². The van der Waals surface area contributed by atoms with Gasteiger partial charge in [-0.25, -0.2) is 0 Å². The quantitative estimate of drug-likeness (QED) is 0.912. The summed E-state index contributed by atoms with van der Waals surface area (Å²) >= 11 is 0. The lowest BCUT2D eigenvalue weighted by Crippen LogP contribution is -2.08. The number of methoxy groups -OCH3 is 1. The van der Waals surface area contributed by atoms with Crippen molar-refractivity contribution in [3.05, 3.63) is 53.9 Å². The fraction of sp³-hybridized carbons (Fsp3) is 0.267. The van der Waals surface area contributed by atoms with Crippen LogP contribution >= 0.6 is 0 Å². The van der Waals surface area contributed by atoms with E-state index in [-0.39, 0.29) is 0 Å². The molecule has 6 heteroatoms. The zero-order valence-electron chi connectivity index (χ0n) is 11.4. The first-order valence-corrected chi connectivity index (χ1v) is 6.39. The van der Waals surface area contributed by atoms with E-state index in [0.717, 1.165) is 23.7 Å². The number of nitrogens with zero attached hydrogens (tertiary/aromatic N) is 1. The zero-order chi connectivity index (χ0) is 15.3. The van der Waals surface area contributed by atoms with Gasteiger partial charge in [0.15, 0.2) is 0 Å². The van der Waals surface area contributed by atoms with E-state index in [1.807, 2.05) is 24.3 Å². The maximum absolute atomic E-state index is 12.4. The van der Waals surface area contributed by atoms with Crippen molar-refractivity contribution in [2.75, 3.05) is 19.0 Å². The Morgan fingerprint density at radius 2 is 2.00 bits per heavy atom. The Kier molecular flexibility index (Phi) is 4.67. The molecule has 1 aromatic heterocycles. The second-order valence-corrected chi connectivity index (χ2v) is 4.44. The van der Waals surface area contributed by atoms with Gasteiger partial charge in [0, 0.05) is 36.6 Å². The van der Waals surface area contributed by atoms with E-state index in [4.69, 9.17) is 4.74 Å². The van der Waals surface area contributed by atoms with E-state index < -0.39 is 11.7 Å². The van der Waals surface area contributed by atoms with E-state index in [0.29, 0.717) is 18.7 Å². The average Bonchev–Trinajstić information content (AvgIpc) is 2.47. The van der Waals surface area contributed by atoms with E-state index >= 15 is 0 Å². The van der Waals surface area contributed by atoms with E-state index in [1.54, 1.807) is 7.11 Å². The third kappa shape index (κ3) is 4.37. The number of alkyl halides is 3. The Balaban J connectivity index is 1.88. The lowest BCUT2D eigenvalue weighted by atomic mass is 10.2. The fourth-order valence-electron chi connectivity index (χ4n) is 1.81. The summed E-state index contributed by atoms with van der Waals surface area (Å²) in [5.41, 5.74) is 0.770. The number of hydrogen-bond acceptors (Lipinski definition) is 3. The number of halogens is 3. The van der Waals surface area contributed by atoms with E-state index in [9.17, 15) is 13.2 Å². The van der Waals surface area contributed by atoms with Crippen molar-refractivity contribution in [2.24, 2.45) is 0 Å². The lowest BCUT2D eigenvalue weighted by Gasteiger charge is -2.09. The molecule has 0 fully saturated rings. The molecule has 0 saturated heterocycles. The van der Waals surface area contributed by atoms with Crippen LogP contribution in [0.5, 0.6) is 5.75 Å². The Morgan fingerprint density at radius 1 is 1.19 bits per heavy atom. The van der Waals surface area contributed by atoms with Gasteiger partial charge in [-0.15, -0.1) is 0 Å². The number of nitrogens with one attached hydrogen (secondary N) is 1. The number of pyridine rings is 1. The Bertz CT molecular complexity index is 582. The summed E-state index contributed by atoms with van der Waals surface area (Å²) in [6.45, 7) is 0.575. The molecule has 1 heterocycles. The zero-order valence-corrected chi connectivity index (χ0v) is 11.4. The summed E-state index contributed by atoms with van der Waals surface area (Å²) < 4.78 is 42.3. The van der Waals surface area contributed by atoms with E-state index in [1.165, 1.54) is 6.07 Å². The molecule has 0 unspecified atom stereocenters. The summed E-state index contributed by atoms with van der Waals surface area (Å²) in [6.07, 6.45) is -2.94. The number of aromatic nitrogens is 1. The van der Waals surface area contributed by atoms with Crippen molar-refractivity contribution in [1.29, 1.82) is 0 Å². The molecule has 0 bridgehead atoms. The summed E-state index contributed by atoms with van der Waals surface area (Å²) in [5, 5.41) is 3.17. The van der Waals surface area contributed by atoms with Crippen LogP contribution in [-0.2, 0) is 12.6 Å². The molecular formula is C15H15F3N2O. The van der Waals surface area contributed by atoms with Crippen LogP contribution in [0.1, 0.15) is 11.3 Å². The predicted molar refractivity (Wildman–Crippen MR) is 74.4 cm³/mol. The molecule has 3 nitrogen and oxygen atoms in total. The standard InChI is InChI=1S/C15H15F3N2O/c1-21-14-4-2-3-13(9-14)19-8-7-12-6-5-11(10-20-12)15(16,17)18/h2-6,9-10,19H,7-8H2,1H3. The highest BCUT2D eigenvalue weighted by molar-refractivity contribution is 5.48. The number of hydrogen-bond donors (Lipinski definition) is 1. The van der Waals surface area contributed by atoms with Gasteiger partial charge in [0.25, 0.3) is 0 Å². The van der Waals surface area contributed by atoms with Crippen molar-refractivity contribution >= 4 is 5.69 Å². The topological polar surface area (TPSA) is 34.1 Å². The number of rotatable bonds is 5. The summed E-state index contributed by atoms with van der Waals surface area (Å²) in [6, 6.07) is 9.88. The smallest absolute Gasteiger partial charge is 0.417 e. The third-order valence-corrected chi connectivity index (χ3v) is 2.93. The van der Waals surface area contributed by atoms with Crippen LogP contribution in [0.25, 0.3) is 0 Å². The van der Waals surface area contributed by atoms with Crippen molar-refractivity contribution in [1.82, 2.24) is 4.98 Å². The maximum atomic E-state index is 12.4. The van der Waals surface area contributed by atoms with Gasteiger partial charge in [0.1, 0.15) is 5.75 Å². The van der Waals surface area contributed by atoms with Gasteiger partial charge >= 0.3 is 6.18 Å². The summed E-state index contributed by atoms with van der Waals surface area (Å²) in [4.78, 5) is 3.83. The Hall–Kier alpha value is -2.24. The SMILES string of the molecule is COc1cccc(NCCc2ccc(C(F)(F)F)cn2)c1. The summed E-state index contributed by atoms with van der Waals surface area (Å²) in [5.74, 6) is 0.743. The molecule has 2 rings (SSSR count). The first-order valence-electron chi connectivity index (χ1n) is 6.39. The normalized spacial score (nSPS) is 11.2. The van der Waals surface area contributed by atoms with Gasteiger partial charge in [-0.05, 0) is 24.3 Å². The molecule has 0 atom stereocenters. The summed E-state index contributed by atoms with van der Waals surface area (Å²) in [7, 11) is 1.59. The average molecular weight is 296 g/mol. The third-order valence-electron chi connectivity index (χ3n) is 2.93. The number of anilines is 1. The van der Waals surface area contributed by atoms with Gasteiger partial charge in [-0.3, -0.25) is 4.98 Å². The van der Waals surface area contributed by atoms with Crippen molar-refractivity contribution < 1.29 is 17.9 Å².